The molecule has 0 aliphatic heterocycles. The Morgan fingerprint density at radius 3 is 2.71 bits per heavy atom. The van der Waals surface area contributed by atoms with Crippen molar-refractivity contribution in [2.75, 3.05) is 6.54 Å². The molecule has 0 spiro atoms. The minimum atomic E-state index is -1.50. The van der Waals surface area contributed by atoms with E-state index < -0.39 is 29.7 Å². The van der Waals surface area contributed by atoms with Crippen LogP contribution in [0, 0.1) is 5.82 Å². The molecule has 21 heavy (non-hydrogen) atoms. The Morgan fingerprint density at radius 1 is 1.52 bits per heavy atom. The summed E-state index contributed by atoms with van der Waals surface area (Å²) in [5.74, 6) is -0.748. The number of aliphatic hydroxyl groups is 2. The van der Waals surface area contributed by atoms with E-state index in [2.05, 4.69) is 26.2 Å². The third-order valence-electron chi connectivity index (χ3n) is 2.39. The van der Waals surface area contributed by atoms with Crippen LogP contribution in [0.15, 0.2) is 16.9 Å². The molecule has 118 valence electrons. The van der Waals surface area contributed by atoms with Crippen LogP contribution in [0.5, 0.6) is 0 Å². The molecule has 0 aromatic carbocycles. The lowest BCUT2D eigenvalue weighted by Gasteiger charge is -2.22. The van der Waals surface area contributed by atoms with Crippen molar-refractivity contribution in [1.29, 1.82) is 0 Å². The van der Waals surface area contributed by atoms with Gasteiger partial charge in [-0.25, -0.2) is 14.2 Å². The Hall–Kier alpha value is -1.25. The highest BCUT2D eigenvalue weighted by Crippen LogP contribution is 2.22. The van der Waals surface area contributed by atoms with Crippen LogP contribution in [0.2, 0.25) is 0 Å². The molecule has 0 aliphatic rings. The van der Waals surface area contributed by atoms with Crippen molar-refractivity contribution in [1.82, 2.24) is 10.3 Å². The number of amides is 1. The normalized spacial score (nSPS) is 14.4. The highest BCUT2D eigenvalue weighted by Gasteiger charge is 2.24. The number of hydrogen-bond donors (Lipinski definition) is 3. The average Bonchev–Trinajstić information content (AvgIpc) is 2.36. The predicted octanol–water partition coefficient (Wildman–Crippen LogP) is 1.90. The van der Waals surface area contributed by atoms with Gasteiger partial charge in [-0.3, -0.25) is 0 Å². The molecule has 1 amide bonds. The number of nitrogens with zero attached hydrogens (tertiary/aromatic N) is 1. The van der Waals surface area contributed by atoms with Gasteiger partial charge in [-0.05, 0) is 42.8 Å². The number of rotatable bonds is 4. The quantitative estimate of drug-likeness (QED) is 0.709. The van der Waals surface area contributed by atoms with Crippen molar-refractivity contribution in [2.45, 2.75) is 38.6 Å². The summed E-state index contributed by atoms with van der Waals surface area (Å²) >= 11 is 3.05. The summed E-state index contributed by atoms with van der Waals surface area (Å²) in [6, 6.07) is 1.26. The van der Waals surface area contributed by atoms with Gasteiger partial charge < -0.3 is 20.3 Å². The molecule has 2 atom stereocenters. The summed E-state index contributed by atoms with van der Waals surface area (Å²) < 4.78 is 18.8. The lowest BCUT2D eigenvalue weighted by atomic mass is 10.1. The van der Waals surface area contributed by atoms with Crippen LogP contribution >= 0.6 is 15.9 Å². The molecular weight excluding hydrogens is 347 g/mol. The fourth-order valence-electron chi connectivity index (χ4n) is 1.48. The molecule has 0 bridgehead atoms. The van der Waals surface area contributed by atoms with Crippen LogP contribution in [0.25, 0.3) is 0 Å². The monoisotopic (exact) mass is 364 g/mol. The molecule has 0 aliphatic carbocycles. The molecule has 0 saturated heterocycles. The number of alkyl carbamates (subject to hydrolysis) is 1. The first-order chi connectivity index (χ1) is 9.60. The fraction of sp³-hybridized carbons (Fsp3) is 0.538. The number of aliphatic hydroxyl groups excluding tert-OH is 2. The number of halogens is 2. The molecule has 8 heteroatoms. The number of ether oxygens (including phenoxy) is 1. The van der Waals surface area contributed by atoms with Crippen molar-refractivity contribution in [3.63, 3.8) is 0 Å². The molecule has 6 nitrogen and oxygen atoms in total. The molecule has 1 heterocycles. The van der Waals surface area contributed by atoms with Crippen molar-refractivity contribution in [3.8, 4) is 0 Å². The van der Waals surface area contributed by atoms with E-state index in [4.69, 9.17) is 4.74 Å². The first-order valence-electron chi connectivity index (χ1n) is 6.24. The van der Waals surface area contributed by atoms with Gasteiger partial charge in [0.05, 0.1) is 6.20 Å². The van der Waals surface area contributed by atoms with Gasteiger partial charge in [0.15, 0.2) is 0 Å². The molecule has 1 aromatic rings. The smallest absolute Gasteiger partial charge is 0.407 e. The summed E-state index contributed by atoms with van der Waals surface area (Å²) in [5, 5.41) is 22.0. The van der Waals surface area contributed by atoms with Crippen molar-refractivity contribution < 1.29 is 24.1 Å². The van der Waals surface area contributed by atoms with E-state index in [0.29, 0.717) is 4.60 Å². The first kappa shape index (κ1) is 17.8. The van der Waals surface area contributed by atoms with E-state index in [0.717, 1.165) is 6.20 Å². The second-order valence-corrected chi connectivity index (χ2v) is 6.24. The highest BCUT2D eigenvalue weighted by atomic mass is 79.9. The maximum Gasteiger partial charge on any atom is 0.407 e. The average molecular weight is 365 g/mol. The first-order valence-corrected chi connectivity index (χ1v) is 7.03. The maximum atomic E-state index is 13.5. The number of carbonyl (C=O) groups excluding carboxylic acids is 1. The highest BCUT2D eigenvalue weighted by molar-refractivity contribution is 9.10. The van der Waals surface area contributed by atoms with Gasteiger partial charge >= 0.3 is 6.09 Å². The minimum absolute atomic E-state index is 0.115. The van der Waals surface area contributed by atoms with E-state index in [1.807, 2.05) is 0 Å². The number of aromatic nitrogens is 1. The Morgan fingerprint density at radius 2 is 2.14 bits per heavy atom. The lowest BCUT2D eigenvalue weighted by Crippen LogP contribution is -2.39. The van der Waals surface area contributed by atoms with E-state index in [9.17, 15) is 19.4 Å². The third kappa shape index (κ3) is 5.94. The molecule has 0 fully saturated rings. The van der Waals surface area contributed by atoms with Gasteiger partial charge in [-0.2, -0.15) is 0 Å². The molecule has 2 unspecified atom stereocenters. The van der Waals surface area contributed by atoms with Gasteiger partial charge in [0.2, 0.25) is 0 Å². The van der Waals surface area contributed by atoms with Crippen LogP contribution in [-0.2, 0) is 4.74 Å². The second-order valence-electron chi connectivity index (χ2n) is 5.42. The van der Waals surface area contributed by atoms with Crippen molar-refractivity contribution >= 4 is 22.0 Å². The number of pyridine rings is 1. The molecule has 0 radical (unpaired) electrons. The predicted molar refractivity (Wildman–Crippen MR) is 77.1 cm³/mol. The van der Waals surface area contributed by atoms with Crippen LogP contribution in [0.4, 0.5) is 9.18 Å². The SMILES string of the molecule is CC(C)(C)OC(=O)NCC(O)C(O)c1cc(Br)ncc1F. The summed E-state index contributed by atoms with van der Waals surface area (Å²) in [4.78, 5) is 15.1. The summed E-state index contributed by atoms with van der Waals surface area (Å²) in [6.07, 6.45) is -2.69. The summed E-state index contributed by atoms with van der Waals surface area (Å²) in [7, 11) is 0. The Balaban J connectivity index is 2.61. The second kappa shape index (κ2) is 7.15. The van der Waals surface area contributed by atoms with Gasteiger partial charge in [0.25, 0.3) is 0 Å². The standard InChI is InChI=1S/C13H18BrFN2O4/c1-13(2,3)21-12(20)17-6-9(18)11(19)7-4-10(14)16-5-8(7)15/h4-5,9,11,18-19H,6H2,1-3H3,(H,17,20). The zero-order chi connectivity index (χ0) is 16.2. The third-order valence-corrected chi connectivity index (χ3v) is 2.82. The van der Waals surface area contributed by atoms with Gasteiger partial charge in [-0.1, -0.05) is 0 Å². The molecule has 3 N–H and O–H groups in total. The Kier molecular flexibility index (Phi) is 6.06. The molecular formula is C13H18BrFN2O4. The zero-order valence-electron chi connectivity index (χ0n) is 11.9. The lowest BCUT2D eigenvalue weighted by molar-refractivity contribution is 0.0112. The van der Waals surface area contributed by atoms with Crippen LogP contribution in [-0.4, -0.2) is 39.5 Å². The van der Waals surface area contributed by atoms with Crippen molar-refractivity contribution in [2.24, 2.45) is 0 Å². The molecule has 1 aromatic heterocycles. The van der Waals surface area contributed by atoms with E-state index >= 15 is 0 Å². The number of nitrogens with one attached hydrogen (secondary N) is 1. The Labute approximate surface area is 130 Å². The van der Waals surface area contributed by atoms with Crippen LogP contribution in [0.1, 0.15) is 32.4 Å². The van der Waals surface area contributed by atoms with Gasteiger partial charge in [-0.15, -0.1) is 0 Å². The fourth-order valence-corrected chi connectivity index (χ4v) is 1.82. The Bertz CT molecular complexity index is 507. The summed E-state index contributed by atoms with van der Waals surface area (Å²) in [5.41, 5.74) is -0.786. The topological polar surface area (TPSA) is 91.7 Å². The van der Waals surface area contributed by atoms with Gasteiger partial charge in [0, 0.05) is 12.1 Å². The summed E-state index contributed by atoms with van der Waals surface area (Å²) in [6.45, 7) is 4.81. The van der Waals surface area contributed by atoms with Crippen LogP contribution < -0.4 is 5.32 Å². The zero-order valence-corrected chi connectivity index (χ0v) is 13.5. The number of carbonyl (C=O) groups is 1. The van der Waals surface area contributed by atoms with E-state index in [-0.39, 0.29) is 12.1 Å². The largest absolute Gasteiger partial charge is 0.444 e. The van der Waals surface area contributed by atoms with Crippen LogP contribution in [0.3, 0.4) is 0 Å². The van der Waals surface area contributed by atoms with E-state index in [1.165, 1.54) is 6.07 Å². The molecule has 1 rings (SSSR count). The molecule has 0 saturated carbocycles. The number of hydrogen-bond acceptors (Lipinski definition) is 5. The van der Waals surface area contributed by atoms with Gasteiger partial charge in [0.1, 0.15) is 28.2 Å². The maximum absolute atomic E-state index is 13.5. The minimum Gasteiger partial charge on any atom is -0.444 e. The van der Waals surface area contributed by atoms with E-state index in [1.54, 1.807) is 20.8 Å². The van der Waals surface area contributed by atoms with Crippen molar-refractivity contribution in [3.05, 3.63) is 28.2 Å².